The third-order valence-corrected chi connectivity index (χ3v) is 3.78. The second kappa shape index (κ2) is 3.57. The van der Waals surface area contributed by atoms with E-state index in [1.54, 1.807) is 6.07 Å². The molecule has 4 rings (SSSR count). The van der Waals surface area contributed by atoms with Gasteiger partial charge >= 0.3 is 5.69 Å². The highest BCUT2D eigenvalue weighted by Crippen LogP contribution is 2.42. The first-order valence-corrected chi connectivity index (χ1v) is 6.21. The van der Waals surface area contributed by atoms with Crippen molar-refractivity contribution in [2.45, 2.75) is 0 Å². The fourth-order valence-corrected chi connectivity index (χ4v) is 2.97. The van der Waals surface area contributed by atoms with Gasteiger partial charge in [-0.2, -0.15) is 0 Å². The molecule has 96 valence electrons. The first kappa shape index (κ1) is 11.0. The highest BCUT2D eigenvalue weighted by atomic mass is 16.6. The van der Waals surface area contributed by atoms with Gasteiger partial charge in [-0.1, -0.05) is 36.4 Å². The minimum Gasteiger partial charge on any atom is -0.502 e. The zero-order valence-electron chi connectivity index (χ0n) is 10.3. The van der Waals surface area contributed by atoms with Gasteiger partial charge in [0.05, 0.1) is 10.3 Å². The van der Waals surface area contributed by atoms with E-state index in [0.717, 1.165) is 26.9 Å². The van der Waals surface area contributed by atoms with Crippen LogP contribution in [0.25, 0.3) is 32.3 Å². The van der Waals surface area contributed by atoms with Crippen molar-refractivity contribution in [1.82, 2.24) is 0 Å². The maximum Gasteiger partial charge on any atom is 0.318 e. The highest BCUT2D eigenvalue weighted by molar-refractivity contribution is 6.25. The van der Waals surface area contributed by atoms with Gasteiger partial charge in [-0.05, 0) is 33.7 Å². The Bertz CT molecular complexity index is 975. The van der Waals surface area contributed by atoms with Gasteiger partial charge in [-0.15, -0.1) is 0 Å². The number of benzene rings is 4. The van der Waals surface area contributed by atoms with Crippen LogP contribution in [0.5, 0.6) is 5.75 Å². The van der Waals surface area contributed by atoms with Crippen molar-refractivity contribution < 1.29 is 10.0 Å². The smallest absolute Gasteiger partial charge is 0.318 e. The van der Waals surface area contributed by atoms with Crippen LogP contribution in [0.15, 0.2) is 48.5 Å². The van der Waals surface area contributed by atoms with E-state index in [1.807, 2.05) is 36.4 Å². The number of aromatic hydroxyl groups is 1. The van der Waals surface area contributed by atoms with E-state index >= 15 is 0 Å². The van der Waals surface area contributed by atoms with E-state index in [9.17, 15) is 15.2 Å². The molecule has 20 heavy (non-hydrogen) atoms. The minimum absolute atomic E-state index is 0.226. The predicted octanol–water partition coefficient (Wildman–Crippen LogP) is 4.20. The molecule has 0 radical (unpaired) electrons. The van der Waals surface area contributed by atoms with Crippen molar-refractivity contribution in [3.8, 4) is 5.75 Å². The van der Waals surface area contributed by atoms with Crippen LogP contribution < -0.4 is 0 Å². The Morgan fingerprint density at radius 2 is 1.55 bits per heavy atom. The molecule has 4 aromatic rings. The van der Waals surface area contributed by atoms with Gasteiger partial charge in [0.1, 0.15) is 0 Å². The molecule has 0 fully saturated rings. The molecule has 0 amide bonds. The number of nitro benzene ring substituents is 1. The highest BCUT2D eigenvalue weighted by Gasteiger charge is 2.21. The second-order valence-corrected chi connectivity index (χ2v) is 4.86. The summed E-state index contributed by atoms with van der Waals surface area (Å²) in [6.07, 6.45) is 0. The van der Waals surface area contributed by atoms with Crippen molar-refractivity contribution >= 4 is 38.0 Å². The number of hydrogen-bond donors (Lipinski definition) is 1. The van der Waals surface area contributed by atoms with Gasteiger partial charge in [0.2, 0.25) is 0 Å². The SMILES string of the molecule is O=[N+]([O-])c1c(O)cc2ccc3cccc4ccc1c2c34. The Balaban J connectivity index is 2.39. The molecule has 0 saturated carbocycles. The summed E-state index contributed by atoms with van der Waals surface area (Å²) in [6, 6.07) is 14.8. The zero-order chi connectivity index (χ0) is 13.9. The number of hydrogen-bond acceptors (Lipinski definition) is 3. The molecule has 4 nitrogen and oxygen atoms in total. The normalized spacial score (nSPS) is 11.6. The average molecular weight is 263 g/mol. The Morgan fingerprint density at radius 3 is 2.25 bits per heavy atom. The third kappa shape index (κ3) is 1.25. The lowest BCUT2D eigenvalue weighted by Gasteiger charge is -2.11. The summed E-state index contributed by atoms with van der Waals surface area (Å²) in [7, 11) is 0. The van der Waals surface area contributed by atoms with Crippen LogP contribution in [0, 0.1) is 10.1 Å². The van der Waals surface area contributed by atoms with Crippen LogP contribution >= 0.6 is 0 Å². The Morgan fingerprint density at radius 1 is 0.900 bits per heavy atom. The monoisotopic (exact) mass is 263 g/mol. The van der Waals surface area contributed by atoms with Crippen molar-refractivity contribution in [3.05, 3.63) is 58.6 Å². The van der Waals surface area contributed by atoms with E-state index in [-0.39, 0.29) is 11.4 Å². The van der Waals surface area contributed by atoms with Crippen LogP contribution in [-0.4, -0.2) is 10.0 Å². The van der Waals surface area contributed by atoms with Gasteiger partial charge in [-0.3, -0.25) is 10.1 Å². The molecule has 0 aliphatic rings. The molecule has 0 aromatic heterocycles. The Hall–Kier alpha value is -2.88. The number of rotatable bonds is 1. The molecule has 0 atom stereocenters. The van der Waals surface area contributed by atoms with E-state index in [1.165, 1.54) is 6.07 Å². The molecule has 0 spiro atoms. The molecule has 0 aliphatic heterocycles. The molecule has 0 aliphatic carbocycles. The van der Waals surface area contributed by atoms with E-state index < -0.39 is 4.92 Å². The van der Waals surface area contributed by atoms with Crippen LogP contribution in [0.3, 0.4) is 0 Å². The number of nitrogens with zero attached hydrogens (tertiary/aromatic N) is 1. The maximum atomic E-state index is 11.2. The molecule has 1 N–H and O–H groups in total. The third-order valence-electron chi connectivity index (χ3n) is 3.78. The van der Waals surface area contributed by atoms with Gasteiger partial charge in [0.25, 0.3) is 0 Å². The van der Waals surface area contributed by atoms with Crippen LogP contribution in [0.2, 0.25) is 0 Å². The van der Waals surface area contributed by atoms with E-state index in [4.69, 9.17) is 0 Å². The lowest BCUT2D eigenvalue weighted by atomic mass is 9.93. The standard InChI is InChI=1S/C16H9NO3/c18-13-8-11-5-4-9-2-1-3-10-6-7-12(15(11)14(9)10)16(13)17(19)20/h1-8,18H. The molecular weight excluding hydrogens is 254 g/mol. The first-order valence-electron chi connectivity index (χ1n) is 6.21. The summed E-state index contributed by atoms with van der Waals surface area (Å²) in [4.78, 5) is 10.7. The summed E-state index contributed by atoms with van der Waals surface area (Å²) in [6.45, 7) is 0. The second-order valence-electron chi connectivity index (χ2n) is 4.86. The molecule has 4 aromatic carbocycles. The zero-order valence-corrected chi connectivity index (χ0v) is 10.3. The summed E-state index contributed by atoms with van der Waals surface area (Å²) in [5.74, 6) is -0.291. The molecule has 0 bridgehead atoms. The lowest BCUT2D eigenvalue weighted by molar-refractivity contribution is -0.384. The number of phenols is 1. The van der Waals surface area contributed by atoms with Gasteiger partial charge in [0.15, 0.2) is 5.75 Å². The predicted molar refractivity (Wildman–Crippen MR) is 78.5 cm³/mol. The fraction of sp³-hybridized carbons (Fsp3) is 0. The van der Waals surface area contributed by atoms with Crippen molar-refractivity contribution in [2.75, 3.05) is 0 Å². The molecule has 4 heteroatoms. The van der Waals surface area contributed by atoms with Crippen molar-refractivity contribution in [2.24, 2.45) is 0 Å². The first-order chi connectivity index (χ1) is 9.66. The van der Waals surface area contributed by atoms with Crippen LogP contribution in [0.4, 0.5) is 5.69 Å². The number of phenolic OH excluding ortho intramolecular Hbond substituents is 1. The van der Waals surface area contributed by atoms with Crippen LogP contribution in [0.1, 0.15) is 0 Å². The van der Waals surface area contributed by atoms with Gasteiger partial charge < -0.3 is 5.11 Å². The summed E-state index contributed by atoms with van der Waals surface area (Å²) in [5, 5.41) is 26.3. The molecule has 0 saturated heterocycles. The number of nitro groups is 1. The molecule has 0 unspecified atom stereocenters. The Labute approximate surface area is 113 Å². The molecule has 0 heterocycles. The summed E-state index contributed by atoms with van der Waals surface area (Å²) in [5.41, 5.74) is -0.226. The lowest BCUT2D eigenvalue weighted by Crippen LogP contribution is -1.92. The van der Waals surface area contributed by atoms with Crippen molar-refractivity contribution in [3.63, 3.8) is 0 Å². The van der Waals surface area contributed by atoms with Gasteiger partial charge in [0, 0.05) is 5.39 Å². The summed E-state index contributed by atoms with van der Waals surface area (Å²) < 4.78 is 0. The fourth-order valence-electron chi connectivity index (χ4n) is 2.97. The van der Waals surface area contributed by atoms with Crippen molar-refractivity contribution in [1.29, 1.82) is 0 Å². The van der Waals surface area contributed by atoms with E-state index in [0.29, 0.717) is 5.39 Å². The largest absolute Gasteiger partial charge is 0.502 e. The Kier molecular flexibility index (Phi) is 1.96. The average Bonchev–Trinajstić information content (AvgIpc) is 2.43. The topological polar surface area (TPSA) is 63.4 Å². The van der Waals surface area contributed by atoms with Gasteiger partial charge in [-0.25, -0.2) is 0 Å². The summed E-state index contributed by atoms with van der Waals surface area (Å²) >= 11 is 0. The minimum atomic E-state index is -0.527. The molecular formula is C16H9NO3. The quantitative estimate of drug-likeness (QED) is 0.318. The maximum absolute atomic E-state index is 11.2. The van der Waals surface area contributed by atoms with E-state index in [2.05, 4.69) is 0 Å². The van der Waals surface area contributed by atoms with Crippen LogP contribution in [-0.2, 0) is 0 Å².